The van der Waals surface area contributed by atoms with E-state index in [0.29, 0.717) is 17.9 Å². The number of hydrogen-bond acceptors (Lipinski definition) is 0. The Morgan fingerprint density at radius 2 is 0.782 bits per heavy atom. The van der Waals surface area contributed by atoms with Crippen LogP contribution in [0, 0.1) is 11.8 Å². The van der Waals surface area contributed by atoms with Crippen LogP contribution in [0.1, 0.15) is 40.2 Å². The summed E-state index contributed by atoms with van der Waals surface area (Å²) in [7, 11) is 0. The van der Waals surface area contributed by atoms with Crippen LogP contribution in [0.2, 0.25) is 0 Å². The van der Waals surface area contributed by atoms with E-state index in [2.05, 4.69) is 202 Å². The minimum atomic E-state index is 0.432. The van der Waals surface area contributed by atoms with Crippen molar-refractivity contribution in [2.45, 2.75) is 40.2 Å². The van der Waals surface area contributed by atoms with Gasteiger partial charge < -0.3 is 4.57 Å². The van der Waals surface area contributed by atoms with Crippen LogP contribution in [0.15, 0.2) is 170 Å². The van der Waals surface area contributed by atoms with Crippen LogP contribution in [-0.2, 0) is 0 Å². The van der Waals surface area contributed by atoms with Crippen molar-refractivity contribution >= 4 is 64.9 Å². The van der Waals surface area contributed by atoms with Crippen molar-refractivity contribution in [3.63, 3.8) is 0 Å². The smallest absolute Gasteiger partial charge is 0.0500 e. The van der Waals surface area contributed by atoms with Crippen molar-refractivity contribution in [2.24, 2.45) is 11.8 Å². The van der Waals surface area contributed by atoms with E-state index < -0.39 is 0 Å². The first-order valence-electron chi connectivity index (χ1n) is 19.9. The Bertz CT molecular complexity index is 3030. The molecule has 0 saturated carbocycles. The molecule has 0 spiro atoms. The molecule has 1 heteroatoms. The van der Waals surface area contributed by atoms with Gasteiger partial charge in [-0.3, -0.25) is 0 Å². The molecule has 0 radical (unpaired) electrons. The van der Waals surface area contributed by atoms with Gasteiger partial charge >= 0.3 is 0 Å². The fraction of sp³-hybridized carbons (Fsp3) is 0.148. The molecule has 0 saturated heterocycles. The summed E-state index contributed by atoms with van der Waals surface area (Å²) in [5.74, 6) is 1.15. The summed E-state index contributed by atoms with van der Waals surface area (Å²) >= 11 is 0. The van der Waals surface area contributed by atoms with Gasteiger partial charge in [-0.25, -0.2) is 0 Å². The minimum Gasteiger partial charge on any atom is -0.337 e. The number of aromatic nitrogens is 1. The third-order valence-electron chi connectivity index (χ3n) is 12.0. The molecule has 9 aromatic carbocycles. The first kappa shape index (κ1) is 33.4. The lowest BCUT2D eigenvalue weighted by Crippen LogP contribution is -2.17. The van der Waals surface area contributed by atoms with Crippen molar-refractivity contribution in [1.29, 1.82) is 0 Å². The molecule has 0 aliphatic carbocycles. The molecule has 0 amide bonds. The van der Waals surface area contributed by atoms with Crippen molar-refractivity contribution in [2.75, 3.05) is 0 Å². The average molecular weight is 708 g/mol. The Morgan fingerprint density at radius 1 is 0.364 bits per heavy atom. The first-order valence-corrected chi connectivity index (χ1v) is 19.9. The topological polar surface area (TPSA) is 4.93 Å². The summed E-state index contributed by atoms with van der Waals surface area (Å²) in [6, 6.07) is 64.0. The fourth-order valence-electron chi connectivity index (χ4n) is 9.37. The third kappa shape index (κ3) is 5.61. The molecule has 1 atom stereocenters. The largest absolute Gasteiger partial charge is 0.337 e. The maximum atomic E-state index is 2.64. The van der Waals surface area contributed by atoms with E-state index in [1.165, 1.54) is 98.3 Å². The molecule has 10 rings (SSSR count). The van der Waals surface area contributed by atoms with Crippen LogP contribution in [-0.4, -0.2) is 4.57 Å². The zero-order valence-corrected chi connectivity index (χ0v) is 32.1. The Balaban J connectivity index is 1.10. The standard InChI is InChI=1S/C54H45N/c1-34(2)29-51(35(3)4)55-50-20-12-11-15-44(50)45-28-27-41(33-52(45)55)39-22-23-40-32-43(26-24-38(40)30-39)54-48-18-9-7-16-46(48)53(47-17-8-10-19-49(47)54)42-25-21-36-13-5-6-14-37(36)31-42/h5-28,30-35,51H,29H2,1-4H3. The van der Waals surface area contributed by atoms with Gasteiger partial charge in [-0.05, 0) is 125 Å². The van der Waals surface area contributed by atoms with Crippen LogP contribution in [0.3, 0.4) is 0 Å². The summed E-state index contributed by atoms with van der Waals surface area (Å²) < 4.78 is 2.64. The molecule has 0 bridgehead atoms. The van der Waals surface area contributed by atoms with Gasteiger partial charge in [-0.1, -0.05) is 167 Å². The quantitative estimate of drug-likeness (QED) is 0.145. The molecule has 0 fully saturated rings. The predicted molar refractivity (Wildman–Crippen MR) is 239 cm³/mol. The van der Waals surface area contributed by atoms with Gasteiger partial charge in [0.2, 0.25) is 0 Å². The van der Waals surface area contributed by atoms with Gasteiger partial charge in [0, 0.05) is 27.8 Å². The van der Waals surface area contributed by atoms with Gasteiger partial charge in [0.05, 0.1) is 0 Å². The number of rotatable bonds is 7. The normalized spacial score (nSPS) is 12.7. The van der Waals surface area contributed by atoms with E-state index in [0.717, 1.165) is 6.42 Å². The molecule has 0 N–H and O–H groups in total. The monoisotopic (exact) mass is 707 g/mol. The summed E-state index contributed by atoms with van der Waals surface area (Å²) in [5, 5.41) is 12.8. The molecule has 10 aromatic rings. The van der Waals surface area contributed by atoms with Crippen LogP contribution in [0.5, 0.6) is 0 Å². The maximum Gasteiger partial charge on any atom is 0.0500 e. The third-order valence-corrected chi connectivity index (χ3v) is 12.0. The van der Waals surface area contributed by atoms with E-state index in [4.69, 9.17) is 0 Å². The molecule has 55 heavy (non-hydrogen) atoms. The van der Waals surface area contributed by atoms with Crippen LogP contribution in [0.25, 0.3) is 98.3 Å². The van der Waals surface area contributed by atoms with Crippen molar-refractivity contribution in [3.05, 3.63) is 170 Å². The molecular formula is C54H45N. The zero-order chi connectivity index (χ0) is 37.2. The number of fused-ring (bicyclic) bond motifs is 7. The lowest BCUT2D eigenvalue weighted by molar-refractivity contribution is 0.328. The Kier molecular flexibility index (Phi) is 8.07. The highest BCUT2D eigenvalue weighted by atomic mass is 15.0. The molecule has 266 valence electrons. The molecule has 1 nitrogen and oxygen atoms in total. The van der Waals surface area contributed by atoms with E-state index in [1.54, 1.807) is 0 Å². The summed E-state index contributed by atoms with van der Waals surface area (Å²) in [5.41, 5.74) is 10.3. The highest BCUT2D eigenvalue weighted by Gasteiger charge is 2.23. The first-order chi connectivity index (χ1) is 26.9. The summed E-state index contributed by atoms with van der Waals surface area (Å²) in [4.78, 5) is 0. The van der Waals surface area contributed by atoms with Crippen LogP contribution >= 0.6 is 0 Å². The van der Waals surface area contributed by atoms with Crippen LogP contribution in [0.4, 0.5) is 0 Å². The van der Waals surface area contributed by atoms with E-state index in [1.807, 2.05) is 0 Å². The molecule has 0 aliphatic rings. The van der Waals surface area contributed by atoms with Gasteiger partial charge in [0.1, 0.15) is 0 Å². The minimum absolute atomic E-state index is 0.432. The summed E-state index contributed by atoms with van der Waals surface area (Å²) in [6.45, 7) is 9.45. The van der Waals surface area contributed by atoms with Crippen molar-refractivity contribution in [1.82, 2.24) is 4.57 Å². The average Bonchev–Trinajstić information content (AvgIpc) is 3.54. The predicted octanol–water partition coefficient (Wildman–Crippen LogP) is 15.7. The number of benzene rings is 9. The number of hydrogen-bond donors (Lipinski definition) is 0. The second kappa shape index (κ2) is 13.3. The highest BCUT2D eigenvalue weighted by molar-refractivity contribution is 6.22. The molecule has 1 aromatic heterocycles. The highest BCUT2D eigenvalue weighted by Crippen LogP contribution is 2.45. The number of nitrogens with zero attached hydrogens (tertiary/aromatic N) is 1. The Labute approximate surface area is 323 Å². The summed E-state index contributed by atoms with van der Waals surface area (Å²) in [6.07, 6.45) is 1.16. The second-order valence-corrected chi connectivity index (χ2v) is 16.2. The van der Waals surface area contributed by atoms with Gasteiger partial charge in [-0.2, -0.15) is 0 Å². The van der Waals surface area contributed by atoms with Crippen molar-refractivity contribution < 1.29 is 0 Å². The van der Waals surface area contributed by atoms with E-state index in [9.17, 15) is 0 Å². The lowest BCUT2D eigenvalue weighted by atomic mass is 9.85. The van der Waals surface area contributed by atoms with E-state index in [-0.39, 0.29) is 0 Å². The molecular weight excluding hydrogens is 663 g/mol. The van der Waals surface area contributed by atoms with Crippen molar-refractivity contribution in [3.8, 4) is 33.4 Å². The van der Waals surface area contributed by atoms with Gasteiger partial charge in [0.15, 0.2) is 0 Å². The SMILES string of the molecule is CC(C)CC(C(C)C)n1c2ccccc2c2ccc(-c3ccc4cc(-c5c6ccccc6c(-c6ccc7ccccc7c6)c6ccccc56)ccc4c3)cc21. The fourth-order valence-corrected chi connectivity index (χ4v) is 9.37. The van der Waals surface area contributed by atoms with Crippen LogP contribution < -0.4 is 0 Å². The Morgan fingerprint density at radius 3 is 1.36 bits per heavy atom. The molecule has 0 aliphatic heterocycles. The number of para-hydroxylation sites is 1. The van der Waals surface area contributed by atoms with Gasteiger partial charge in [0.25, 0.3) is 0 Å². The molecule has 1 unspecified atom stereocenters. The van der Waals surface area contributed by atoms with Gasteiger partial charge in [-0.15, -0.1) is 0 Å². The Hall–Kier alpha value is -6.18. The maximum absolute atomic E-state index is 2.64. The zero-order valence-electron chi connectivity index (χ0n) is 32.1. The molecule has 1 heterocycles. The van der Waals surface area contributed by atoms with E-state index >= 15 is 0 Å². The second-order valence-electron chi connectivity index (χ2n) is 16.2. The lowest BCUT2D eigenvalue weighted by Gasteiger charge is -2.27.